The minimum Gasteiger partial charge on any atom is -0.460 e. The van der Waals surface area contributed by atoms with Gasteiger partial charge in [-0.25, -0.2) is 5.01 Å². The maximum Gasteiger partial charge on any atom is 0.306 e. The van der Waals surface area contributed by atoms with Gasteiger partial charge in [-0.2, -0.15) is 0 Å². The molecule has 0 aromatic heterocycles. The molecule has 0 bridgehead atoms. The molecule has 6 nitrogen and oxygen atoms in total. The maximum atomic E-state index is 11.5. The van der Waals surface area contributed by atoms with Crippen molar-refractivity contribution in [1.82, 2.24) is 10.4 Å². The summed E-state index contributed by atoms with van der Waals surface area (Å²) in [6.45, 7) is 6.51. The lowest BCUT2D eigenvalue weighted by Gasteiger charge is -2.20. The molecule has 0 aromatic rings. The fraction of sp³-hybridized carbons (Fsp3) is 0.833. The predicted octanol–water partition coefficient (Wildman–Crippen LogP) is 0.718. The van der Waals surface area contributed by atoms with Crippen molar-refractivity contribution in [3.05, 3.63) is 0 Å². The Labute approximate surface area is 109 Å². The summed E-state index contributed by atoms with van der Waals surface area (Å²) in [4.78, 5) is 22.9. The molecular weight excluding hydrogens is 236 g/mol. The number of nitrogens with zero attached hydrogens (tertiary/aromatic N) is 1. The minimum atomic E-state index is -0.511. The monoisotopic (exact) mass is 260 g/mol. The molecule has 1 amide bonds. The number of amides is 1. The third kappa shape index (κ3) is 10.0. The first kappa shape index (κ1) is 16.9. The first-order valence-electron chi connectivity index (χ1n) is 5.96. The second-order valence-electron chi connectivity index (χ2n) is 5.04. The van der Waals surface area contributed by atoms with Crippen molar-refractivity contribution in [2.75, 3.05) is 27.3 Å². The number of esters is 1. The number of hydrogen-bond donors (Lipinski definition) is 1. The third-order valence-corrected chi connectivity index (χ3v) is 1.92. The number of hydrazine groups is 1. The lowest BCUT2D eigenvalue weighted by atomic mass is 10.2. The van der Waals surface area contributed by atoms with E-state index in [2.05, 4.69) is 5.43 Å². The van der Waals surface area contributed by atoms with Crippen molar-refractivity contribution in [3.8, 4) is 0 Å². The smallest absolute Gasteiger partial charge is 0.306 e. The summed E-state index contributed by atoms with van der Waals surface area (Å²) in [6.07, 6.45) is 0.202. The number of hydrogen-bond acceptors (Lipinski definition) is 5. The molecule has 0 aliphatic rings. The Bertz CT molecular complexity index is 274. The van der Waals surface area contributed by atoms with Crippen molar-refractivity contribution in [1.29, 1.82) is 0 Å². The van der Waals surface area contributed by atoms with Gasteiger partial charge >= 0.3 is 5.97 Å². The molecule has 0 aliphatic heterocycles. The molecule has 0 aromatic carbocycles. The van der Waals surface area contributed by atoms with E-state index in [1.54, 1.807) is 39.9 Å². The number of ether oxygens (including phenoxy) is 2. The van der Waals surface area contributed by atoms with Crippen molar-refractivity contribution >= 4 is 11.9 Å². The third-order valence-electron chi connectivity index (χ3n) is 1.92. The number of nitrogens with one attached hydrogen (secondary N) is 1. The molecule has 0 fully saturated rings. The van der Waals surface area contributed by atoms with Crippen LogP contribution < -0.4 is 5.43 Å². The van der Waals surface area contributed by atoms with Gasteiger partial charge in [-0.3, -0.25) is 15.0 Å². The lowest BCUT2D eigenvalue weighted by Crippen LogP contribution is -2.41. The molecule has 6 heteroatoms. The second kappa shape index (κ2) is 8.05. The van der Waals surface area contributed by atoms with Crippen LogP contribution in [0, 0.1) is 0 Å². The van der Waals surface area contributed by atoms with E-state index in [9.17, 15) is 9.59 Å². The van der Waals surface area contributed by atoms with Crippen LogP contribution in [0.2, 0.25) is 0 Å². The van der Waals surface area contributed by atoms with Gasteiger partial charge in [0.1, 0.15) is 5.60 Å². The number of likely N-dealkylation sites (N-methyl/N-ethyl adjacent to an activating group) is 1. The molecule has 0 atom stereocenters. The van der Waals surface area contributed by atoms with E-state index in [0.717, 1.165) is 0 Å². The molecule has 0 saturated carbocycles. The van der Waals surface area contributed by atoms with Crippen molar-refractivity contribution in [3.63, 3.8) is 0 Å². The largest absolute Gasteiger partial charge is 0.460 e. The SMILES string of the molecule is COCCN(C)NC(=O)CCC(=O)OC(C)(C)C. The van der Waals surface area contributed by atoms with Crippen molar-refractivity contribution in [2.45, 2.75) is 39.2 Å². The fourth-order valence-electron chi connectivity index (χ4n) is 1.16. The van der Waals surface area contributed by atoms with Crippen LogP contribution in [-0.2, 0) is 19.1 Å². The Balaban J connectivity index is 3.79. The van der Waals surface area contributed by atoms with Gasteiger partial charge in [0, 0.05) is 27.1 Å². The van der Waals surface area contributed by atoms with E-state index in [4.69, 9.17) is 9.47 Å². The molecule has 0 radical (unpaired) electrons. The Morgan fingerprint density at radius 2 is 1.83 bits per heavy atom. The average Bonchev–Trinajstić information content (AvgIpc) is 2.21. The van der Waals surface area contributed by atoms with Gasteiger partial charge in [-0.05, 0) is 20.8 Å². The molecule has 0 rings (SSSR count). The fourth-order valence-corrected chi connectivity index (χ4v) is 1.16. The maximum absolute atomic E-state index is 11.5. The van der Waals surface area contributed by atoms with E-state index in [0.29, 0.717) is 13.2 Å². The topological polar surface area (TPSA) is 67.9 Å². The van der Waals surface area contributed by atoms with Gasteiger partial charge in [-0.15, -0.1) is 0 Å². The summed E-state index contributed by atoms with van der Waals surface area (Å²) < 4.78 is 9.99. The summed E-state index contributed by atoms with van der Waals surface area (Å²) in [5.41, 5.74) is 2.13. The van der Waals surface area contributed by atoms with E-state index < -0.39 is 5.60 Å². The van der Waals surface area contributed by atoms with Crippen LogP contribution in [0.1, 0.15) is 33.6 Å². The van der Waals surface area contributed by atoms with Gasteiger partial charge in [0.25, 0.3) is 0 Å². The molecule has 18 heavy (non-hydrogen) atoms. The summed E-state index contributed by atoms with van der Waals surface area (Å²) in [5.74, 6) is -0.573. The second-order valence-corrected chi connectivity index (χ2v) is 5.04. The Kier molecular flexibility index (Phi) is 7.54. The highest BCUT2D eigenvalue weighted by molar-refractivity contribution is 5.81. The Hall–Kier alpha value is -1.14. The first-order chi connectivity index (χ1) is 8.24. The summed E-state index contributed by atoms with van der Waals surface area (Å²) >= 11 is 0. The van der Waals surface area contributed by atoms with E-state index in [1.807, 2.05) is 0 Å². The van der Waals surface area contributed by atoms with Gasteiger partial charge in [-0.1, -0.05) is 0 Å². The van der Waals surface area contributed by atoms with E-state index in [1.165, 1.54) is 0 Å². The molecular formula is C12H24N2O4. The van der Waals surface area contributed by atoms with Gasteiger partial charge in [0.15, 0.2) is 0 Å². The first-order valence-corrected chi connectivity index (χ1v) is 5.96. The highest BCUT2D eigenvalue weighted by Crippen LogP contribution is 2.08. The average molecular weight is 260 g/mol. The van der Waals surface area contributed by atoms with E-state index >= 15 is 0 Å². The van der Waals surface area contributed by atoms with Gasteiger partial charge < -0.3 is 9.47 Å². The number of methoxy groups -OCH3 is 1. The molecule has 0 aliphatic carbocycles. The normalized spacial score (nSPS) is 11.4. The highest BCUT2D eigenvalue weighted by atomic mass is 16.6. The minimum absolute atomic E-state index is 0.0845. The van der Waals surface area contributed by atoms with Gasteiger partial charge in [0.2, 0.25) is 5.91 Å². The Morgan fingerprint density at radius 1 is 1.22 bits per heavy atom. The zero-order valence-electron chi connectivity index (χ0n) is 11.9. The van der Waals surface area contributed by atoms with Crippen molar-refractivity contribution < 1.29 is 19.1 Å². The lowest BCUT2D eigenvalue weighted by molar-refractivity contribution is -0.155. The molecule has 0 spiro atoms. The van der Waals surface area contributed by atoms with Crippen LogP contribution in [0.3, 0.4) is 0 Å². The summed E-state index contributed by atoms with van der Waals surface area (Å²) in [6, 6.07) is 0. The van der Waals surface area contributed by atoms with Gasteiger partial charge in [0.05, 0.1) is 13.0 Å². The predicted molar refractivity (Wildman–Crippen MR) is 67.7 cm³/mol. The molecule has 1 N–H and O–H groups in total. The van der Waals surface area contributed by atoms with Crippen LogP contribution in [-0.4, -0.2) is 49.8 Å². The molecule has 0 saturated heterocycles. The number of rotatable bonds is 7. The molecule has 106 valence electrons. The zero-order valence-corrected chi connectivity index (χ0v) is 11.9. The van der Waals surface area contributed by atoms with Crippen LogP contribution in [0.4, 0.5) is 0 Å². The van der Waals surface area contributed by atoms with Crippen molar-refractivity contribution in [2.24, 2.45) is 0 Å². The highest BCUT2D eigenvalue weighted by Gasteiger charge is 2.17. The van der Waals surface area contributed by atoms with E-state index in [-0.39, 0.29) is 24.7 Å². The standard InChI is InChI=1S/C12H24N2O4/c1-12(2,3)18-11(16)7-6-10(15)13-14(4)8-9-17-5/h6-9H2,1-5H3,(H,13,15). The Morgan fingerprint density at radius 3 is 2.33 bits per heavy atom. The van der Waals surface area contributed by atoms with Crippen LogP contribution in [0.5, 0.6) is 0 Å². The van der Waals surface area contributed by atoms with Crippen LogP contribution in [0.15, 0.2) is 0 Å². The summed E-state index contributed by atoms with van der Waals surface area (Å²) in [7, 11) is 3.34. The molecule has 0 heterocycles. The van der Waals surface area contributed by atoms with Crippen LogP contribution in [0.25, 0.3) is 0 Å². The number of carbonyl (C=O) groups is 2. The van der Waals surface area contributed by atoms with Crippen LogP contribution >= 0.6 is 0 Å². The zero-order chi connectivity index (χ0) is 14.2. The number of carbonyl (C=O) groups excluding carboxylic acids is 2. The quantitative estimate of drug-likeness (QED) is 0.539. The molecule has 0 unspecified atom stereocenters. The summed E-state index contributed by atoms with van der Waals surface area (Å²) in [5, 5.41) is 1.63.